The second-order valence-corrected chi connectivity index (χ2v) is 5.55. The minimum atomic E-state index is -0.206. The highest BCUT2D eigenvalue weighted by Gasteiger charge is 2.16. The van der Waals surface area contributed by atoms with Gasteiger partial charge in [0.1, 0.15) is 11.6 Å². The van der Waals surface area contributed by atoms with Crippen molar-refractivity contribution in [2.75, 3.05) is 20.2 Å². The molecule has 0 fully saturated rings. The minimum Gasteiger partial charge on any atom is -0.497 e. The monoisotopic (exact) mass is 297 g/mol. The highest BCUT2D eigenvalue weighted by molar-refractivity contribution is 5.67. The van der Waals surface area contributed by atoms with Crippen LogP contribution in [0.3, 0.4) is 0 Å². The van der Waals surface area contributed by atoms with E-state index in [0.29, 0.717) is 11.3 Å². The summed E-state index contributed by atoms with van der Waals surface area (Å²) in [4.78, 5) is 2.38. The van der Waals surface area contributed by atoms with Crippen molar-refractivity contribution in [1.82, 2.24) is 4.90 Å². The van der Waals surface area contributed by atoms with Crippen molar-refractivity contribution < 1.29 is 9.13 Å². The Bertz CT molecular complexity index is 666. The van der Waals surface area contributed by atoms with Gasteiger partial charge in [0, 0.05) is 31.3 Å². The van der Waals surface area contributed by atoms with Crippen LogP contribution in [-0.4, -0.2) is 25.1 Å². The van der Waals surface area contributed by atoms with E-state index in [-0.39, 0.29) is 5.82 Å². The lowest BCUT2D eigenvalue weighted by atomic mass is 9.98. The Morgan fingerprint density at radius 2 is 1.95 bits per heavy atom. The van der Waals surface area contributed by atoms with Crippen LogP contribution in [0.15, 0.2) is 54.6 Å². The number of rotatable bonds is 4. The third-order valence-corrected chi connectivity index (χ3v) is 4.06. The van der Waals surface area contributed by atoms with Gasteiger partial charge in [-0.3, -0.25) is 4.90 Å². The zero-order valence-corrected chi connectivity index (χ0v) is 12.8. The number of ether oxygens (including phenoxy) is 1. The fourth-order valence-corrected chi connectivity index (χ4v) is 2.82. The number of halogens is 1. The van der Waals surface area contributed by atoms with Crippen molar-refractivity contribution in [2.45, 2.75) is 13.0 Å². The molecule has 2 nitrogen and oxygen atoms in total. The molecule has 2 aromatic rings. The Hall–Kier alpha value is -2.13. The first kappa shape index (κ1) is 14.8. The molecule has 0 unspecified atom stereocenters. The molecule has 0 aliphatic carbocycles. The van der Waals surface area contributed by atoms with Crippen LogP contribution in [0.5, 0.6) is 5.75 Å². The van der Waals surface area contributed by atoms with Crippen molar-refractivity contribution in [3.63, 3.8) is 0 Å². The summed E-state index contributed by atoms with van der Waals surface area (Å²) in [6.45, 7) is 2.75. The predicted octanol–water partition coefficient (Wildman–Crippen LogP) is 4.12. The van der Waals surface area contributed by atoms with Gasteiger partial charge in [0.15, 0.2) is 0 Å². The van der Waals surface area contributed by atoms with Crippen LogP contribution in [0.2, 0.25) is 0 Å². The maximum absolute atomic E-state index is 14.1. The summed E-state index contributed by atoms with van der Waals surface area (Å²) in [6, 6.07) is 15.5. The number of nitrogens with zero attached hydrogens (tertiary/aromatic N) is 1. The molecule has 0 saturated carbocycles. The minimum absolute atomic E-state index is 0.206. The lowest BCUT2D eigenvalue weighted by Crippen LogP contribution is -2.28. The van der Waals surface area contributed by atoms with E-state index in [1.807, 2.05) is 18.2 Å². The molecule has 0 spiro atoms. The third kappa shape index (κ3) is 3.37. The molecule has 2 aromatic carbocycles. The van der Waals surface area contributed by atoms with Gasteiger partial charge in [0.2, 0.25) is 0 Å². The number of hydrogen-bond acceptors (Lipinski definition) is 2. The van der Waals surface area contributed by atoms with E-state index < -0.39 is 0 Å². The van der Waals surface area contributed by atoms with Crippen molar-refractivity contribution in [3.8, 4) is 5.75 Å². The number of benzene rings is 2. The lowest BCUT2D eigenvalue weighted by Gasteiger charge is -2.26. The van der Waals surface area contributed by atoms with E-state index in [9.17, 15) is 4.39 Å². The summed E-state index contributed by atoms with van der Waals surface area (Å²) >= 11 is 0. The van der Waals surface area contributed by atoms with Gasteiger partial charge in [0.25, 0.3) is 0 Å². The van der Waals surface area contributed by atoms with Crippen LogP contribution >= 0.6 is 0 Å². The molecule has 0 bridgehead atoms. The molecule has 22 heavy (non-hydrogen) atoms. The maximum atomic E-state index is 14.1. The second-order valence-electron chi connectivity index (χ2n) is 5.55. The van der Waals surface area contributed by atoms with E-state index >= 15 is 0 Å². The van der Waals surface area contributed by atoms with E-state index in [0.717, 1.165) is 31.6 Å². The Morgan fingerprint density at radius 3 is 2.59 bits per heavy atom. The summed E-state index contributed by atoms with van der Waals surface area (Å²) in [6.07, 6.45) is 3.01. The van der Waals surface area contributed by atoms with E-state index in [2.05, 4.69) is 35.2 Å². The SMILES string of the molecule is COc1ccc(C2=CCN(Cc3ccccc3)CC2)c(F)c1. The number of hydrogen-bond donors (Lipinski definition) is 0. The summed E-state index contributed by atoms with van der Waals surface area (Å²) < 4.78 is 19.2. The molecule has 0 saturated heterocycles. The third-order valence-electron chi connectivity index (χ3n) is 4.06. The Balaban J connectivity index is 1.68. The average molecular weight is 297 g/mol. The van der Waals surface area contributed by atoms with Crippen molar-refractivity contribution >= 4 is 5.57 Å². The topological polar surface area (TPSA) is 12.5 Å². The quantitative estimate of drug-likeness (QED) is 0.841. The Labute approximate surface area is 130 Å². The summed E-state index contributed by atoms with van der Waals surface area (Å²) in [5.41, 5.74) is 3.10. The summed E-state index contributed by atoms with van der Waals surface area (Å²) in [5.74, 6) is 0.352. The van der Waals surface area contributed by atoms with Crippen LogP contribution in [0.1, 0.15) is 17.5 Å². The average Bonchev–Trinajstić information content (AvgIpc) is 2.56. The van der Waals surface area contributed by atoms with Crippen LogP contribution in [0.4, 0.5) is 4.39 Å². The first-order valence-electron chi connectivity index (χ1n) is 7.55. The van der Waals surface area contributed by atoms with Gasteiger partial charge in [-0.05, 0) is 29.7 Å². The molecule has 0 radical (unpaired) electrons. The summed E-state index contributed by atoms with van der Waals surface area (Å²) in [5, 5.41) is 0. The molecule has 0 amide bonds. The molecule has 0 aromatic heterocycles. The largest absolute Gasteiger partial charge is 0.497 e. The lowest BCUT2D eigenvalue weighted by molar-refractivity contribution is 0.293. The first-order chi connectivity index (χ1) is 10.8. The second kappa shape index (κ2) is 6.75. The van der Waals surface area contributed by atoms with Gasteiger partial charge < -0.3 is 4.74 Å². The van der Waals surface area contributed by atoms with Gasteiger partial charge in [-0.1, -0.05) is 36.4 Å². The standard InChI is InChI=1S/C19H20FNO/c1-22-17-7-8-18(19(20)13-17)16-9-11-21(12-10-16)14-15-5-3-2-4-6-15/h2-9,13H,10-12,14H2,1H3. The van der Waals surface area contributed by atoms with Gasteiger partial charge in [0.05, 0.1) is 7.11 Å². The molecule has 0 atom stereocenters. The molecular weight excluding hydrogens is 277 g/mol. The smallest absolute Gasteiger partial charge is 0.134 e. The van der Waals surface area contributed by atoms with Gasteiger partial charge in [-0.25, -0.2) is 4.39 Å². The first-order valence-corrected chi connectivity index (χ1v) is 7.55. The predicted molar refractivity (Wildman–Crippen MR) is 87.3 cm³/mol. The van der Waals surface area contributed by atoms with Crippen LogP contribution in [-0.2, 0) is 6.54 Å². The van der Waals surface area contributed by atoms with E-state index in [4.69, 9.17) is 4.74 Å². The van der Waals surface area contributed by atoms with Crippen LogP contribution < -0.4 is 4.74 Å². The Kier molecular flexibility index (Phi) is 4.54. The normalized spacial score (nSPS) is 15.5. The van der Waals surface area contributed by atoms with Crippen LogP contribution in [0, 0.1) is 5.82 Å². The fourth-order valence-electron chi connectivity index (χ4n) is 2.82. The van der Waals surface area contributed by atoms with Gasteiger partial charge in [-0.15, -0.1) is 0 Å². The fraction of sp³-hybridized carbons (Fsp3) is 0.263. The molecule has 114 valence electrons. The van der Waals surface area contributed by atoms with Gasteiger partial charge in [-0.2, -0.15) is 0 Å². The summed E-state index contributed by atoms with van der Waals surface area (Å²) in [7, 11) is 1.55. The maximum Gasteiger partial charge on any atom is 0.134 e. The molecule has 3 heteroatoms. The molecule has 1 aliphatic rings. The van der Waals surface area contributed by atoms with Gasteiger partial charge >= 0.3 is 0 Å². The van der Waals surface area contributed by atoms with Crippen LogP contribution in [0.25, 0.3) is 5.57 Å². The van der Waals surface area contributed by atoms with E-state index in [1.165, 1.54) is 11.6 Å². The Morgan fingerprint density at radius 1 is 1.14 bits per heavy atom. The molecule has 0 N–H and O–H groups in total. The molecule has 3 rings (SSSR count). The van der Waals surface area contributed by atoms with Crippen molar-refractivity contribution in [3.05, 3.63) is 71.6 Å². The number of methoxy groups -OCH3 is 1. The highest BCUT2D eigenvalue weighted by atomic mass is 19.1. The molecule has 1 heterocycles. The highest BCUT2D eigenvalue weighted by Crippen LogP contribution is 2.27. The van der Waals surface area contributed by atoms with Crippen molar-refractivity contribution in [2.24, 2.45) is 0 Å². The zero-order valence-electron chi connectivity index (χ0n) is 12.8. The van der Waals surface area contributed by atoms with Crippen molar-refractivity contribution in [1.29, 1.82) is 0 Å². The zero-order chi connectivity index (χ0) is 15.4. The van der Waals surface area contributed by atoms with E-state index in [1.54, 1.807) is 7.11 Å². The molecule has 1 aliphatic heterocycles. The molecular formula is C19H20FNO.